The molecule has 23 heavy (non-hydrogen) atoms. The van der Waals surface area contributed by atoms with Gasteiger partial charge in [0.1, 0.15) is 5.75 Å². The van der Waals surface area contributed by atoms with Crippen molar-refractivity contribution in [3.63, 3.8) is 0 Å². The molecule has 2 atom stereocenters. The summed E-state index contributed by atoms with van der Waals surface area (Å²) in [7, 11) is 0. The van der Waals surface area contributed by atoms with Gasteiger partial charge in [-0.25, -0.2) is 0 Å². The van der Waals surface area contributed by atoms with E-state index in [1.807, 2.05) is 19.9 Å². The van der Waals surface area contributed by atoms with E-state index in [4.69, 9.17) is 23.2 Å². The monoisotopic (exact) mass is 381 g/mol. The Balaban J connectivity index is 0.00000484. The summed E-state index contributed by atoms with van der Waals surface area (Å²) in [4.78, 5) is 2.20. The second-order valence-corrected chi connectivity index (χ2v) is 8.33. The number of phenols is 1. The first-order chi connectivity index (χ1) is 10.2. The molecule has 1 aromatic rings. The summed E-state index contributed by atoms with van der Waals surface area (Å²) in [6, 6.07) is 5.93. The number of hydrogen-bond donors (Lipinski definition) is 1. The second kappa shape index (κ2) is 9.98. The fourth-order valence-electron chi connectivity index (χ4n) is 2.49. The Bertz CT molecular complexity index is 465. The van der Waals surface area contributed by atoms with Crippen molar-refractivity contribution in [2.24, 2.45) is 0 Å². The number of alkyl halides is 2. The fraction of sp³-hybridized carbons (Fsp3) is 0.667. The lowest BCUT2D eigenvalue weighted by molar-refractivity contribution is 0.266. The molecule has 0 aliphatic heterocycles. The standard InChI is InChI=1S/C18H29Cl2NO.ClH/c1-6-18(4,5)16-7-8-17(22)15(9-16)12-21(10-13(2)19)11-14(3)20;/h7-9,13-14,22H,6,10-12H2,1-5H3;1H. The van der Waals surface area contributed by atoms with Crippen molar-refractivity contribution in [2.45, 2.75) is 63.8 Å². The van der Waals surface area contributed by atoms with Gasteiger partial charge in [0.05, 0.1) is 0 Å². The third-order valence-electron chi connectivity index (χ3n) is 4.16. The molecule has 0 aliphatic rings. The first-order valence-electron chi connectivity index (χ1n) is 7.98. The van der Waals surface area contributed by atoms with Gasteiger partial charge in [-0.3, -0.25) is 4.90 Å². The summed E-state index contributed by atoms with van der Waals surface area (Å²) in [6.07, 6.45) is 1.05. The molecule has 0 bridgehead atoms. The van der Waals surface area contributed by atoms with Crippen LogP contribution in [0, 0.1) is 0 Å². The molecule has 0 saturated heterocycles. The average molecular weight is 383 g/mol. The van der Waals surface area contributed by atoms with E-state index in [9.17, 15) is 5.11 Å². The third-order valence-corrected chi connectivity index (χ3v) is 4.43. The van der Waals surface area contributed by atoms with Gasteiger partial charge in [0, 0.05) is 36.0 Å². The second-order valence-electron chi connectivity index (χ2n) is 6.84. The van der Waals surface area contributed by atoms with Crippen LogP contribution in [0.1, 0.15) is 52.2 Å². The zero-order valence-electron chi connectivity index (χ0n) is 14.8. The van der Waals surface area contributed by atoms with Crippen LogP contribution in [0.3, 0.4) is 0 Å². The molecule has 0 aliphatic carbocycles. The van der Waals surface area contributed by atoms with Gasteiger partial charge >= 0.3 is 0 Å². The van der Waals surface area contributed by atoms with E-state index in [-0.39, 0.29) is 28.6 Å². The highest BCUT2D eigenvalue weighted by atomic mass is 35.5. The third kappa shape index (κ3) is 7.51. The molecule has 1 N–H and O–H groups in total. The van der Waals surface area contributed by atoms with Crippen LogP contribution in [-0.2, 0) is 12.0 Å². The van der Waals surface area contributed by atoms with Crippen molar-refractivity contribution in [3.8, 4) is 5.75 Å². The zero-order chi connectivity index (χ0) is 16.9. The summed E-state index contributed by atoms with van der Waals surface area (Å²) < 4.78 is 0. The van der Waals surface area contributed by atoms with Gasteiger partial charge in [-0.15, -0.1) is 35.6 Å². The minimum atomic E-state index is 0. The number of aromatic hydroxyl groups is 1. The molecule has 1 aromatic carbocycles. The van der Waals surface area contributed by atoms with Crippen LogP contribution in [0.2, 0.25) is 0 Å². The van der Waals surface area contributed by atoms with E-state index in [1.54, 1.807) is 6.07 Å². The molecular formula is C18H30Cl3NO. The van der Waals surface area contributed by atoms with Crippen molar-refractivity contribution in [2.75, 3.05) is 13.1 Å². The summed E-state index contributed by atoms with van der Waals surface area (Å²) in [5.41, 5.74) is 2.29. The summed E-state index contributed by atoms with van der Waals surface area (Å²) >= 11 is 12.3. The maximum absolute atomic E-state index is 10.2. The van der Waals surface area contributed by atoms with Gasteiger partial charge in [-0.1, -0.05) is 32.9 Å². The van der Waals surface area contributed by atoms with E-state index in [1.165, 1.54) is 5.56 Å². The minimum absolute atomic E-state index is 0. The van der Waals surface area contributed by atoms with Crippen LogP contribution in [0.5, 0.6) is 5.75 Å². The number of nitrogens with zero attached hydrogens (tertiary/aromatic N) is 1. The van der Waals surface area contributed by atoms with E-state index < -0.39 is 0 Å². The Hall–Kier alpha value is -0.150. The number of rotatable bonds is 8. The molecule has 2 unspecified atom stereocenters. The minimum Gasteiger partial charge on any atom is -0.508 e. The largest absolute Gasteiger partial charge is 0.508 e. The van der Waals surface area contributed by atoms with E-state index >= 15 is 0 Å². The molecule has 2 nitrogen and oxygen atoms in total. The Kier molecular flexibility index (Phi) is 9.92. The Morgan fingerprint density at radius 1 is 1.13 bits per heavy atom. The van der Waals surface area contributed by atoms with Crippen LogP contribution in [0.25, 0.3) is 0 Å². The number of halogens is 3. The molecule has 0 aromatic heterocycles. The lowest BCUT2D eigenvalue weighted by atomic mass is 9.81. The molecule has 0 spiro atoms. The van der Waals surface area contributed by atoms with Crippen molar-refractivity contribution in [3.05, 3.63) is 29.3 Å². The van der Waals surface area contributed by atoms with E-state index in [0.29, 0.717) is 12.3 Å². The van der Waals surface area contributed by atoms with Crippen LogP contribution >= 0.6 is 35.6 Å². The van der Waals surface area contributed by atoms with Gasteiger partial charge in [0.2, 0.25) is 0 Å². The van der Waals surface area contributed by atoms with Crippen molar-refractivity contribution >= 4 is 35.6 Å². The predicted octanol–water partition coefficient (Wildman–Crippen LogP) is 5.56. The van der Waals surface area contributed by atoms with Crippen molar-refractivity contribution in [1.82, 2.24) is 4.90 Å². The SMILES string of the molecule is CCC(C)(C)c1ccc(O)c(CN(CC(C)Cl)CC(C)Cl)c1.Cl. The predicted molar refractivity (Wildman–Crippen MR) is 105 cm³/mol. The maximum atomic E-state index is 10.2. The smallest absolute Gasteiger partial charge is 0.120 e. The van der Waals surface area contributed by atoms with Crippen LogP contribution in [-0.4, -0.2) is 33.9 Å². The van der Waals surface area contributed by atoms with Crippen LogP contribution < -0.4 is 0 Å². The highest BCUT2D eigenvalue weighted by molar-refractivity contribution is 6.21. The molecule has 0 saturated carbocycles. The highest BCUT2D eigenvalue weighted by Crippen LogP contribution is 2.31. The lowest BCUT2D eigenvalue weighted by Crippen LogP contribution is -2.33. The van der Waals surface area contributed by atoms with Gasteiger partial charge in [-0.05, 0) is 37.3 Å². The Morgan fingerprint density at radius 2 is 1.65 bits per heavy atom. The highest BCUT2D eigenvalue weighted by Gasteiger charge is 2.20. The molecule has 0 fully saturated rings. The number of benzene rings is 1. The van der Waals surface area contributed by atoms with Crippen LogP contribution in [0.4, 0.5) is 0 Å². The van der Waals surface area contributed by atoms with Gasteiger partial charge in [-0.2, -0.15) is 0 Å². The van der Waals surface area contributed by atoms with Crippen molar-refractivity contribution < 1.29 is 5.11 Å². The topological polar surface area (TPSA) is 23.5 Å². The lowest BCUT2D eigenvalue weighted by Gasteiger charge is -2.27. The number of hydrogen-bond acceptors (Lipinski definition) is 2. The Morgan fingerprint density at radius 3 is 2.09 bits per heavy atom. The normalized spacial score (nSPS) is 14.4. The number of phenolic OH excluding ortho intramolecular Hbond substituents is 1. The quantitative estimate of drug-likeness (QED) is 0.595. The van der Waals surface area contributed by atoms with E-state index in [0.717, 1.165) is 25.1 Å². The molecule has 1 rings (SSSR count). The molecule has 134 valence electrons. The molecule has 5 heteroatoms. The van der Waals surface area contributed by atoms with Crippen molar-refractivity contribution in [1.29, 1.82) is 0 Å². The Labute approximate surface area is 157 Å². The summed E-state index contributed by atoms with van der Waals surface area (Å²) in [5.74, 6) is 0.338. The zero-order valence-corrected chi connectivity index (χ0v) is 17.1. The first kappa shape index (κ1) is 22.9. The summed E-state index contributed by atoms with van der Waals surface area (Å²) in [6.45, 7) is 12.7. The fourth-order valence-corrected chi connectivity index (χ4v) is 2.88. The van der Waals surface area contributed by atoms with Gasteiger partial charge < -0.3 is 5.11 Å². The average Bonchev–Trinajstić information content (AvgIpc) is 2.39. The van der Waals surface area contributed by atoms with Gasteiger partial charge in [0.15, 0.2) is 0 Å². The maximum Gasteiger partial charge on any atom is 0.120 e. The van der Waals surface area contributed by atoms with E-state index in [2.05, 4.69) is 31.7 Å². The molecule has 0 heterocycles. The molecule has 0 radical (unpaired) electrons. The summed E-state index contributed by atoms with van der Waals surface area (Å²) in [5, 5.41) is 10.3. The van der Waals surface area contributed by atoms with Crippen LogP contribution in [0.15, 0.2) is 18.2 Å². The van der Waals surface area contributed by atoms with Gasteiger partial charge in [0.25, 0.3) is 0 Å². The molecular weight excluding hydrogens is 353 g/mol. The first-order valence-corrected chi connectivity index (χ1v) is 8.86. The molecule has 0 amide bonds.